The van der Waals surface area contributed by atoms with Gasteiger partial charge in [0, 0.05) is 30.9 Å². The average Bonchev–Trinajstić information content (AvgIpc) is 3.13. The van der Waals surface area contributed by atoms with Crippen molar-refractivity contribution >= 4 is 22.5 Å². The van der Waals surface area contributed by atoms with E-state index in [0.717, 1.165) is 29.7 Å². The Morgan fingerprint density at radius 1 is 1.24 bits per heavy atom. The van der Waals surface area contributed by atoms with Gasteiger partial charge in [0.05, 0.1) is 24.2 Å². The van der Waals surface area contributed by atoms with Gasteiger partial charge in [-0.25, -0.2) is 0 Å². The number of carbonyl (C=O) groups is 1. The third kappa shape index (κ3) is 3.77. The van der Waals surface area contributed by atoms with Gasteiger partial charge in [-0.1, -0.05) is 6.92 Å². The van der Waals surface area contributed by atoms with Gasteiger partial charge >= 0.3 is 0 Å². The molecule has 0 spiro atoms. The second-order valence-electron chi connectivity index (χ2n) is 7.93. The quantitative estimate of drug-likeness (QED) is 0.731. The van der Waals surface area contributed by atoms with E-state index in [0.29, 0.717) is 17.4 Å². The number of anilines is 1. The second-order valence-corrected chi connectivity index (χ2v) is 7.93. The van der Waals surface area contributed by atoms with Crippen LogP contribution in [0.25, 0.3) is 10.9 Å². The van der Waals surface area contributed by atoms with Crippen molar-refractivity contribution < 1.29 is 9.53 Å². The lowest BCUT2D eigenvalue weighted by Crippen LogP contribution is -2.23. The van der Waals surface area contributed by atoms with Crippen molar-refractivity contribution in [1.82, 2.24) is 14.3 Å². The predicted octanol–water partition coefficient (Wildman–Crippen LogP) is 3.75. The van der Waals surface area contributed by atoms with E-state index in [-0.39, 0.29) is 17.2 Å². The summed E-state index contributed by atoms with van der Waals surface area (Å²) in [6, 6.07) is 7.27. The van der Waals surface area contributed by atoms with Gasteiger partial charge in [0.15, 0.2) is 0 Å². The first-order valence-electron chi connectivity index (χ1n) is 10.00. The normalized spacial score (nSPS) is 19.3. The number of aryl methyl sites for hydroxylation is 1. The minimum atomic E-state index is -0.383. The molecular weight excluding hydrogens is 368 g/mol. The Kier molecular flexibility index (Phi) is 5.13. The van der Waals surface area contributed by atoms with Crippen LogP contribution in [-0.4, -0.2) is 27.4 Å². The number of hydrogen-bond donors (Lipinski definition) is 1. The Morgan fingerprint density at radius 2 is 2.00 bits per heavy atom. The van der Waals surface area contributed by atoms with Crippen LogP contribution in [0, 0.1) is 5.92 Å². The number of fused-ring (bicyclic) bond motifs is 1. The van der Waals surface area contributed by atoms with Crippen molar-refractivity contribution in [2.24, 2.45) is 13.0 Å². The minimum Gasteiger partial charge on any atom is -0.496 e. The number of carbonyl (C=O) groups excluding carboxylic acids is 1. The fourth-order valence-electron chi connectivity index (χ4n) is 3.99. The maximum Gasteiger partial charge on any atom is 0.274 e. The number of aromatic nitrogens is 3. The first-order valence-corrected chi connectivity index (χ1v) is 10.00. The van der Waals surface area contributed by atoms with Crippen LogP contribution in [0.5, 0.6) is 5.75 Å². The number of hydrogen-bond acceptors (Lipinski definition) is 4. The fraction of sp³-hybridized carbons (Fsp3) is 0.409. The molecule has 0 saturated heterocycles. The van der Waals surface area contributed by atoms with E-state index in [9.17, 15) is 9.59 Å². The highest BCUT2D eigenvalue weighted by atomic mass is 16.5. The van der Waals surface area contributed by atoms with Crippen LogP contribution in [0.4, 0.5) is 5.69 Å². The molecule has 2 aromatic heterocycles. The van der Waals surface area contributed by atoms with Crippen LogP contribution in [-0.2, 0) is 7.05 Å². The van der Waals surface area contributed by atoms with Gasteiger partial charge in [-0.3, -0.25) is 14.3 Å². The largest absolute Gasteiger partial charge is 0.496 e. The number of nitrogens with one attached hydrogen (secondary N) is 1. The maximum atomic E-state index is 12.9. The van der Waals surface area contributed by atoms with E-state index in [1.54, 1.807) is 37.5 Å². The third-order valence-corrected chi connectivity index (χ3v) is 5.82. The lowest BCUT2D eigenvalue weighted by Gasteiger charge is -2.26. The summed E-state index contributed by atoms with van der Waals surface area (Å²) in [7, 11) is 3.17. The summed E-state index contributed by atoms with van der Waals surface area (Å²) in [6.45, 7) is 2.30. The molecule has 1 saturated carbocycles. The van der Waals surface area contributed by atoms with Crippen molar-refractivity contribution in [3.63, 3.8) is 0 Å². The highest BCUT2D eigenvalue weighted by molar-refractivity contribution is 6.08. The summed E-state index contributed by atoms with van der Waals surface area (Å²) in [5.74, 6) is 0.828. The molecule has 1 aromatic carbocycles. The number of amides is 1. The van der Waals surface area contributed by atoms with Crippen molar-refractivity contribution in [3.8, 4) is 5.75 Å². The topological polar surface area (TPSA) is 78.2 Å². The SMILES string of the molecule is COc1cc2nn(C3CCC(C)CC3)cc2cc1C(=O)Nc1cccn(C)c1=O. The molecule has 0 unspecified atom stereocenters. The van der Waals surface area contributed by atoms with Crippen LogP contribution < -0.4 is 15.6 Å². The zero-order valence-corrected chi connectivity index (χ0v) is 17.0. The third-order valence-electron chi connectivity index (χ3n) is 5.82. The van der Waals surface area contributed by atoms with E-state index in [2.05, 4.69) is 12.2 Å². The standard InChI is InChI=1S/C22H26N4O3/c1-14-6-8-16(9-7-14)26-13-15-11-17(20(29-3)12-19(15)24-26)21(27)23-18-5-4-10-25(2)22(18)28/h4-5,10-14,16H,6-9H2,1-3H3,(H,23,27). The zero-order chi connectivity index (χ0) is 20.5. The molecule has 4 rings (SSSR count). The van der Waals surface area contributed by atoms with Crippen molar-refractivity contribution in [3.05, 3.63) is 52.6 Å². The monoisotopic (exact) mass is 394 g/mol. The van der Waals surface area contributed by atoms with E-state index in [1.807, 2.05) is 10.9 Å². The first kappa shape index (κ1) is 19.2. The molecule has 7 nitrogen and oxygen atoms in total. The molecule has 0 bridgehead atoms. The van der Waals surface area contributed by atoms with Gasteiger partial charge in [-0.15, -0.1) is 0 Å². The second kappa shape index (κ2) is 7.73. The summed E-state index contributed by atoms with van der Waals surface area (Å²) in [6.07, 6.45) is 8.32. The zero-order valence-electron chi connectivity index (χ0n) is 17.0. The van der Waals surface area contributed by atoms with E-state index in [4.69, 9.17) is 9.84 Å². The Labute approximate surface area is 169 Å². The van der Waals surface area contributed by atoms with Gasteiger partial charge < -0.3 is 14.6 Å². The highest BCUT2D eigenvalue weighted by Gasteiger charge is 2.22. The fourth-order valence-corrected chi connectivity index (χ4v) is 3.99. The van der Waals surface area contributed by atoms with Crippen molar-refractivity contribution in [2.75, 3.05) is 12.4 Å². The summed E-state index contributed by atoms with van der Waals surface area (Å²) in [5, 5.41) is 8.32. The molecule has 29 heavy (non-hydrogen) atoms. The van der Waals surface area contributed by atoms with Crippen LogP contribution in [0.2, 0.25) is 0 Å². The highest BCUT2D eigenvalue weighted by Crippen LogP contribution is 2.33. The van der Waals surface area contributed by atoms with Crippen LogP contribution >= 0.6 is 0 Å². The number of ether oxygens (including phenoxy) is 1. The summed E-state index contributed by atoms with van der Waals surface area (Å²) in [4.78, 5) is 25.1. The Bertz CT molecular complexity index is 1110. The molecule has 0 atom stereocenters. The van der Waals surface area contributed by atoms with Crippen molar-refractivity contribution in [2.45, 2.75) is 38.6 Å². The van der Waals surface area contributed by atoms with Gasteiger partial charge in [-0.05, 0) is 49.8 Å². The number of rotatable bonds is 4. The number of nitrogens with zero attached hydrogens (tertiary/aromatic N) is 3. The predicted molar refractivity (Wildman–Crippen MR) is 113 cm³/mol. The molecule has 7 heteroatoms. The molecule has 0 radical (unpaired) electrons. The van der Waals surface area contributed by atoms with E-state index >= 15 is 0 Å². The molecule has 152 valence electrons. The molecule has 2 heterocycles. The first-order chi connectivity index (χ1) is 14.0. The van der Waals surface area contributed by atoms with E-state index < -0.39 is 0 Å². The molecule has 0 aliphatic heterocycles. The molecule has 1 fully saturated rings. The summed E-state index contributed by atoms with van der Waals surface area (Å²) in [5.41, 5.74) is 1.14. The average molecular weight is 394 g/mol. The van der Waals surface area contributed by atoms with Crippen LogP contribution in [0.1, 0.15) is 49.0 Å². The lowest BCUT2D eigenvalue weighted by molar-refractivity contribution is 0.102. The Hall–Kier alpha value is -3.09. The Balaban J connectivity index is 1.65. The van der Waals surface area contributed by atoms with Gasteiger partial charge in [0.25, 0.3) is 11.5 Å². The van der Waals surface area contributed by atoms with Crippen LogP contribution in [0.3, 0.4) is 0 Å². The maximum absolute atomic E-state index is 12.9. The van der Waals surface area contributed by atoms with E-state index in [1.165, 1.54) is 24.5 Å². The van der Waals surface area contributed by atoms with Gasteiger partial charge in [-0.2, -0.15) is 5.10 Å². The molecule has 1 aliphatic carbocycles. The van der Waals surface area contributed by atoms with Gasteiger partial charge in [0.2, 0.25) is 0 Å². The summed E-state index contributed by atoms with van der Waals surface area (Å²) < 4.78 is 8.90. The number of pyridine rings is 1. The molecular formula is C22H26N4O3. The smallest absolute Gasteiger partial charge is 0.274 e. The van der Waals surface area contributed by atoms with Crippen molar-refractivity contribution in [1.29, 1.82) is 0 Å². The molecule has 1 N–H and O–H groups in total. The molecule has 1 amide bonds. The summed E-state index contributed by atoms with van der Waals surface area (Å²) >= 11 is 0. The molecule has 1 aliphatic rings. The van der Waals surface area contributed by atoms with Crippen LogP contribution in [0.15, 0.2) is 41.5 Å². The Morgan fingerprint density at radius 3 is 2.72 bits per heavy atom. The lowest BCUT2D eigenvalue weighted by atomic mass is 9.87. The number of benzene rings is 1. The minimum absolute atomic E-state index is 0.231. The van der Waals surface area contributed by atoms with Gasteiger partial charge in [0.1, 0.15) is 11.4 Å². The molecule has 3 aromatic rings. The number of methoxy groups -OCH3 is 1.